The van der Waals surface area contributed by atoms with Gasteiger partial charge in [0.1, 0.15) is 10.6 Å². The number of carbonyl (C=O) groups excluding carboxylic acids is 1. The minimum atomic E-state index is -4.01. The summed E-state index contributed by atoms with van der Waals surface area (Å²) in [6.07, 6.45) is 1.01. The van der Waals surface area contributed by atoms with Crippen molar-refractivity contribution in [2.45, 2.75) is 31.1 Å². The first-order chi connectivity index (χ1) is 12.3. The molecular formula is C19H23NO5S. The molecule has 1 atom stereocenters. The van der Waals surface area contributed by atoms with Crippen LogP contribution in [0.4, 0.5) is 5.69 Å². The molecule has 0 radical (unpaired) electrons. The summed E-state index contributed by atoms with van der Waals surface area (Å²) in [5.41, 5.74) is 1.72. The van der Waals surface area contributed by atoms with Gasteiger partial charge < -0.3 is 10.1 Å². The Morgan fingerprint density at radius 1 is 1.12 bits per heavy atom. The molecule has 0 aliphatic heterocycles. The van der Waals surface area contributed by atoms with Crippen molar-refractivity contribution in [3.05, 3.63) is 53.6 Å². The van der Waals surface area contributed by atoms with Crippen LogP contribution in [0.2, 0.25) is 0 Å². The summed E-state index contributed by atoms with van der Waals surface area (Å²) >= 11 is 0. The van der Waals surface area contributed by atoms with Crippen molar-refractivity contribution in [3.63, 3.8) is 0 Å². The molecule has 0 aliphatic carbocycles. The van der Waals surface area contributed by atoms with Crippen LogP contribution in [0.25, 0.3) is 0 Å². The summed E-state index contributed by atoms with van der Waals surface area (Å²) in [7, 11) is -1.52. The fraction of sp³-hybridized carbons (Fsp3) is 0.316. The second-order valence-corrected chi connectivity index (χ2v) is 7.55. The zero-order valence-corrected chi connectivity index (χ0v) is 16.1. The highest BCUT2D eigenvalue weighted by Gasteiger charge is 2.21. The molecule has 0 bridgehead atoms. The predicted molar refractivity (Wildman–Crippen MR) is 100 cm³/mol. The molecule has 0 heterocycles. The fourth-order valence-electron chi connectivity index (χ4n) is 2.42. The van der Waals surface area contributed by atoms with E-state index in [0.717, 1.165) is 19.1 Å². The van der Waals surface area contributed by atoms with Gasteiger partial charge in [-0.15, -0.1) is 0 Å². The van der Waals surface area contributed by atoms with E-state index in [-0.39, 0.29) is 10.6 Å². The highest BCUT2D eigenvalue weighted by molar-refractivity contribution is 7.87. The molecule has 6 nitrogen and oxygen atoms in total. The smallest absolute Gasteiger partial charge is 0.298 e. The number of anilines is 1. The minimum Gasteiger partial charge on any atom is -0.497 e. The quantitative estimate of drug-likeness (QED) is 0.742. The van der Waals surface area contributed by atoms with Crippen molar-refractivity contribution in [1.29, 1.82) is 0 Å². The third kappa shape index (κ3) is 4.42. The summed E-state index contributed by atoms with van der Waals surface area (Å²) in [6.45, 7) is 4.22. The van der Waals surface area contributed by atoms with Gasteiger partial charge in [-0.3, -0.25) is 8.98 Å². The maximum absolute atomic E-state index is 12.5. The summed E-state index contributed by atoms with van der Waals surface area (Å²) < 4.78 is 33.9. The topological polar surface area (TPSA) is 81.7 Å². The molecule has 0 fully saturated rings. The van der Waals surface area contributed by atoms with E-state index in [4.69, 9.17) is 4.74 Å². The lowest BCUT2D eigenvalue weighted by atomic mass is 9.97. The second-order valence-electron chi connectivity index (χ2n) is 5.87. The van der Waals surface area contributed by atoms with Crippen LogP contribution in [-0.4, -0.2) is 28.5 Å². The first kappa shape index (κ1) is 19.9. The van der Waals surface area contributed by atoms with Crippen LogP contribution in [-0.2, 0) is 14.3 Å². The van der Waals surface area contributed by atoms with Crippen molar-refractivity contribution < 1.29 is 22.1 Å². The maximum atomic E-state index is 12.5. The van der Waals surface area contributed by atoms with Gasteiger partial charge >= 0.3 is 0 Å². The van der Waals surface area contributed by atoms with E-state index in [1.54, 1.807) is 18.2 Å². The number of methoxy groups -OCH3 is 1. The second kappa shape index (κ2) is 8.33. The first-order valence-corrected chi connectivity index (χ1v) is 9.63. The Kier molecular flexibility index (Phi) is 6.39. The van der Waals surface area contributed by atoms with E-state index in [0.29, 0.717) is 17.2 Å². The highest BCUT2D eigenvalue weighted by atomic mass is 32.2. The Hall–Kier alpha value is -2.38. The number of hydrogen-bond acceptors (Lipinski definition) is 5. The number of carbonyl (C=O) groups is 1. The van der Waals surface area contributed by atoms with Crippen LogP contribution in [0.5, 0.6) is 5.75 Å². The van der Waals surface area contributed by atoms with E-state index >= 15 is 0 Å². The summed E-state index contributed by atoms with van der Waals surface area (Å²) in [4.78, 5) is 12.3. The number of benzene rings is 2. The molecular weight excluding hydrogens is 354 g/mol. The summed E-state index contributed by atoms with van der Waals surface area (Å²) in [5, 5.41) is 2.63. The van der Waals surface area contributed by atoms with Crippen LogP contribution in [0.1, 0.15) is 42.1 Å². The predicted octanol–water partition coefficient (Wildman–Crippen LogP) is 3.80. The van der Waals surface area contributed by atoms with Gasteiger partial charge in [0.05, 0.1) is 19.9 Å². The molecule has 7 heteroatoms. The zero-order valence-electron chi connectivity index (χ0n) is 15.3. The van der Waals surface area contributed by atoms with Crippen molar-refractivity contribution in [1.82, 2.24) is 0 Å². The van der Waals surface area contributed by atoms with Crippen LogP contribution in [0.3, 0.4) is 0 Å². The molecule has 2 aromatic rings. The molecule has 1 N–H and O–H groups in total. The average molecular weight is 377 g/mol. The monoisotopic (exact) mass is 377 g/mol. The Morgan fingerprint density at radius 3 is 2.31 bits per heavy atom. The number of hydrogen-bond donors (Lipinski definition) is 1. The van der Waals surface area contributed by atoms with Gasteiger partial charge in [0.25, 0.3) is 16.0 Å². The largest absolute Gasteiger partial charge is 0.497 e. The molecule has 2 rings (SSSR count). The highest BCUT2D eigenvalue weighted by Crippen LogP contribution is 2.28. The van der Waals surface area contributed by atoms with E-state index in [2.05, 4.69) is 23.3 Å². The van der Waals surface area contributed by atoms with Crippen molar-refractivity contribution >= 4 is 21.7 Å². The zero-order chi connectivity index (χ0) is 19.3. The molecule has 0 saturated carbocycles. The van der Waals surface area contributed by atoms with Crippen LogP contribution in [0.15, 0.2) is 47.4 Å². The van der Waals surface area contributed by atoms with Gasteiger partial charge in [0, 0.05) is 11.6 Å². The number of nitrogens with one attached hydrogen (secondary N) is 1. The fourth-order valence-corrected chi connectivity index (χ4v) is 3.25. The SMILES string of the molecule is CCC(C)c1ccc(C(=O)Nc2ccc(OC)cc2S(=O)(=O)OC)cc1. The van der Waals surface area contributed by atoms with Gasteiger partial charge in [-0.05, 0) is 42.2 Å². The number of rotatable bonds is 7. The van der Waals surface area contributed by atoms with Crippen molar-refractivity contribution in [2.24, 2.45) is 0 Å². The third-order valence-electron chi connectivity index (χ3n) is 4.28. The van der Waals surface area contributed by atoms with E-state index in [1.165, 1.54) is 19.2 Å². The van der Waals surface area contributed by atoms with Gasteiger partial charge in [-0.2, -0.15) is 8.42 Å². The molecule has 0 spiro atoms. The average Bonchev–Trinajstić information content (AvgIpc) is 2.67. The lowest BCUT2D eigenvalue weighted by Crippen LogP contribution is -2.15. The van der Waals surface area contributed by atoms with Crippen molar-refractivity contribution in [3.8, 4) is 5.75 Å². The van der Waals surface area contributed by atoms with Gasteiger partial charge in [-0.1, -0.05) is 26.0 Å². The Labute approximate surface area is 154 Å². The van der Waals surface area contributed by atoms with E-state index in [9.17, 15) is 13.2 Å². The molecule has 26 heavy (non-hydrogen) atoms. The van der Waals surface area contributed by atoms with E-state index in [1.807, 2.05) is 12.1 Å². The standard InChI is InChI=1S/C19H23NO5S/c1-5-13(2)14-6-8-15(9-7-14)19(21)20-17-11-10-16(24-3)12-18(17)26(22,23)25-4/h6-13H,5H2,1-4H3,(H,20,21). The summed E-state index contributed by atoms with van der Waals surface area (Å²) in [6, 6.07) is 11.6. The Balaban J connectivity index is 2.31. The molecule has 0 aromatic heterocycles. The maximum Gasteiger partial charge on any atom is 0.298 e. The molecule has 1 unspecified atom stereocenters. The normalized spacial score (nSPS) is 12.5. The minimum absolute atomic E-state index is 0.128. The molecule has 140 valence electrons. The van der Waals surface area contributed by atoms with Crippen molar-refractivity contribution in [2.75, 3.05) is 19.5 Å². The Morgan fingerprint density at radius 2 is 1.77 bits per heavy atom. The molecule has 0 aliphatic rings. The van der Waals surface area contributed by atoms with Crippen LogP contribution in [0, 0.1) is 0 Å². The van der Waals surface area contributed by atoms with Crippen LogP contribution >= 0.6 is 0 Å². The number of amides is 1. The lowest BCUT2D eigenvalue weighted by molar-refractivity contribution is 0.102. The van der Waals surface area contributed by atoms with Gasteiger partial charge in [0.15, 0.2) is 0 Å². The van der Waals surface area contributed by atoms with Crippen LogP contribution < -0.4 is 10.1 Å². The van der Waals surface area contributed by atoms with Gasteiger partial charge in [0.2, 0.25) is 0 Å². The lowest BCUT2D eigenvalue weighted by Gasteiger charge is -2.13. The first-order valence-electron chi connectivity index (χ1n) is 8.22. The summed E-state index contributed by atoms with van der Waals surface area (Å²) in [5.74, 6) is 0.349. The molecule has 2 aromatic carbocycles. The number of ether oxygens (including phenoxy) is 1. The Bertz CT molecular complexity index is 875. The van der Waals surface area contributed by atoms with Gasteiger partial charge in [-0.25, -0.2) is 0 Å². The third-order valence-corrected chi connectivity index (χ3v) is 5.60. The van der Waals surface area contributed by atoms with E-state index < -0.39 is 16.0 Å². The molecule has 1 amide bonds. The molecule has 0 saturated heterocycles.